The third-order valence-electron chi connectivity index (χ3n) is 22.6. The van der Waals surface area contributed by atoms with Gasteiger partial charge in [-0.1, -0.05) is 76.6 Å². The fraction of sp³-hybridized carbons (Fsp3) is 0.554. The molecule has 0 aliphatic carbocycles. The number of amides is 13. The zero-order valence-corrected chi connectivity index (χ0v) is 82.4. The molecule has 0 saturated carbocycles. The Kier molecular flexibility index (Phi) is 53.9. The minimum absolute atomic E-state index is 0.0111. The van der Waals surface area contributed by atoms with E-state index in [9.17, 15) is 97.1 Å². The number of Topliss-reactive ketones (excluding diaryl/α,β-unsaturated/α-hetero) is 1. The average molecular weight is 2000 g/mol. The van der Waals surface area contributed by atoms with Gasteiger partial charge in [0.05, 0.1) is 24.7 Å². The lowest BCUT2D eigenvalue weighted by Gasteiger charge is -2.29. The predicted molar refractivity (Wildman–Crippen MR) is 531 cm³/mol. The molecule has 16 atom stereocenters. The monoisotopic (exact) mass is 2000 g/mol. The number of guanidine groups is 2. The summed E-state index contributed by atoms with van der Waals surface area (Å²) in [5, 5.41) is 77.4. The molecule has 48 heteroatoms. The molecule has 5 rings (SSSR count). The Balaban J connectivity index is 0.000000593. The number of rotatable bonds is 64. The van der Waals surface area contributed by atoms with Crippen LogP contribution in [0.2, 0.25) is 0 Å². The van der Waals surface area contributed by atoms with E-state index in [0.29, 0.717) is 67.8 Å². The van der Waals surface area contributed by atoms with Crippen molar-refractivity contribution in [3.05, 3.63) is 114 Å². The van der Waals surface area contributed by atoms with Crippen molar-refractivity contribution in [2.75, 3.05) is 51.0 Å². The van der Waals surface area contributed by atoms with Crippen LogP contribution in [0, 0.1) is 35.5 Å². The first-order valence-corrected chi connectivity index (χ1v) is 48.5. The maximum absolute atomic E-state index is 14.4. The third-order valence-corrected chi connectivity index (χ3v) is 23.6. The number of fused-ring (bicyclic) bond motifs is 1. The Bertz CT molecular complexity index is 4890. The van der Waals surface area contributed by atoms with Crippen molar-refractivity contribution in [1.29, 1.82) is 0 Å². The number of ketones is 1. The number of H-pyrrole nitrogens is 2. The number of carbonyl (C=O) groups is 16. The van der Waals surface area contributed by atoms with E-state index in [1.54, 1.807) is 41.0 Å². The molecule has 2 aromatic heterocycles. The number of nitrogens with one attached hydrogen (secondary N) is 16. The number of phenols is 2. The molecular weight excluding hydrogens is 1850 g/mol. The molecule has 16 unspecified atom stereocenters. The number of para-hydroxylation sites is 1. The number of aliphatic imine (C=N–C) groups is 2. The van der Waals surface area contributed by atoms with Crippen LogP contribution < -0.4 is 115 Å². The van der Waals surface area contributed by atoms with Gasteiger partial charge in [0.25, 0.3) is 0 Å². The Labute approximate surface area is 823 Å². The van der Waals surface area contributed by atoms with Gasteiger partial charge in [0.15, 0.2) is 17.7 Å². The van der Waals surface area contributed by atoms with E-state index in [1.165, 1.54) is 86.7 Å². The summed E-state index contributed by atoms with van der Waals surface area (Å²) < 4.78 is 0. The molecule has 5 aromatic rings. The maximum Gasteiger partial charge on any atom is 0.326 e. The first kappa shape index (κ1) is 119. The highest BCUT2D eigenvalue weighted by Gasteiger charge is 2.40. The van der Waals surface area contributed by atoms with E-state index in [-0.39, 0.29) is 138 Å². The number of carboxylic acid groups (broad SMARTS) is 2. The molecule has 0 radical (unpaired) electrons. The number of aliphatic carboxylic acids is 2. The molecule has 774 valence electrons. The number of unbranched alkanes of at least 4 members (excludes halogenated alkanes) is 2. The lowest BCUT2D eigenvalue weighted by atomic mass is 9.93. The normalized spacial score (nSPS) is 14.5. The Morgan fingerprint density at radius 3 is 1.46 bits per heavy atom. The van der Waals surface area contributed by atoms with Crippen LogP contribution >= 0.6 is 24.4 Å². The van der Waals surface area contributed by atoms with Gasteiger partial charge in [0.2, 0.25) is 76.8 Å². The summed E-state index contributed by atoms with van der Waals surface area (Å²) in [5.74, 6) is -20.1. The third kappa shape index (κ3) is 43.9. The molecule has 34 N–H and O–H groups in total. The highest BCUT2D eigenvalue weighted by Crippen LogP contribution is 2.23. The second-order valence-corrected chi connectivity index (χ2v) is 35.8. The van der Waals surface area contributed by atoms with Crippen LogP contribution in [0.4, 0.5) is 0 Å². The van der Waals surface area contributed by atoms with Gasteiger partial charge in [-0.2, -0.15) is 24.4 Å². The fourth-order valence-corrected chi connectivity index (χ4v) is 15.1. The zero-order chi connectivity index (χ0) is 104. The van der Waals surface area contributed by atoms with Crippen LogP contribution in [-0.4, -0.2) is 260 Å². The van der Waals surface area contributed by atoms with Gasteiger partial charge >= 0.3 is 11.9 Å². The van der Waals surface area contributed by atoms with Crippen LogP contribution in [0.1, 0.15) is 167 Å². The number of nitrogens with two attached hydrogens (primary N) is 7. The molecule has 46 nitrogen and oxygen atoms in total. The van der Waals surface area contributed by atoms with Gasteiger partial charge in [0.1, 0.15) is 83.8 Å². The number of aromatic nitrogens is 3. The molecule has 3 aromatic carbocycles. The van der Waals surface area contributed by atoms with Gasteiger partial charge in [-0.15, -0.1) is 0 Å². The molecule has 13 amide bonds. The smallest absolute Gasteiger partial charge is 0.326 e. The second-order valence-electron chi connectivity index (χ2n) is 34.4. The molecule has 0 bridgehead atoms. The number of benzene rings is 3. The first-order chi connectivity index (χ1) is 66.5. The summed E-state index contributed by atoms with van der Waals surface area (Å²) in [6, 6.07) is 10.7. The predicted octanol–water partition coefficient (Wildman–Crippen LogP) is -1.68. The number of nitrogens with zero attached hydrogens (tertiary/aromatic N) is 3. The number of carbonyl (C=O) groups excluding carboxylic acids is 14. The second kappa shape index (κ2) is 63.4. The van der Waals surface area contributed by atoms with Crippen LogP contribution in [0.5, 0.6) is 11.5 Å². The average Bonchev–Trinajstić information content (AvgIpc) is 1.64. The molecule has 0 aliphatic rings. The molecule has 0 fully saturated rings. The van der Waals surface area contributed by atoms with E-state index >= 15 is 0 Å². The number of carboxylic acids is 2. The summed E-state index contributed by atoms with van der Waals surface area (Å²) in [4.78, 5) is 235. The summed E-state index contributed by atoms with van der Waals surface area (Å²) in [6.45, 7) is 12.2. The van der Waals surface area contributed by atoms with Gasteiger partial charge in [-0.3, -0.25) is 81.9 Å². The van der Waals surface area contributed by atoms with Crippen LogP contribution in [-0.2, 0) is 102 Å². The van der Waals surface area contributed by atoms with Crippen molar-refractivity contribution in [1.82, 2.24) is 89.4 Å². The quantitative estimate of drug-likeness (QED) is 0.00516. The van der Waals surface area contributed by atoms with Crippen molar-refractivity contribution in [2.45, 2.75) is 237 Å². The number of phenolic OH excluding ortho intramolecular Hbond substituents is 2. The number of hydrogen-bond donors (Lipinski definition) is 28. The fourth-order valence-electron chi connectivity index (χ4n) is 14.3. The van der Waals surface area contributed by atoms with Crippen molar-refractivity contribution in [2.24, 2.45) is 85.6 Å². The number of thiol groups is 1. The lowest BCUT2D eigenvalue weighted by Crippen LogP contribution is -2.59. The van der Waals surface area contributed by atoms with Gasteiger partial charge in [0, 0.05) is 73.5 Å². The van der Waals surface area contributed by atoms with E-state index in [2.05, 4.69) is 112 Å². The van der Waals surface area contributed by atoms with E-state index < -0.39 is 192 Å². The summed E-state index contributed by atoms with van der Waals surface area (Å²) >= 11 is 5.47. The number of hydrogen-bond acceptors (Lipinski definition) is 27. The standard InChI is InChI=1S/C49H77N15O10S2.C43H67N11O10/c1-27(2)20-32(42(68)59-36(14-15-41(66)67)46(72)61-38(25-75)28(3)65)45(71)63-40(13-9-18-55-49(52)53)64-48(74)37(16-19-76-4)60-44(70)33(22-30-24-54-26-57-30)43(69)58-35(12-7-8-17-50)47(73)62-39(51)21-29-23-56-34-11-6-5-10-31(29)34;1-6-24(2)35(41(62)49-26(4)47-5)54-39(60)31(22-27-12-16-29(55)17-13-27)38(59)51-33(23-28-14-18-30(56)19-15-28)40(61)53-34(11-7-8-20-44)52-37(58)25(3)36(57)50-32(42(63)64)10-9-21-48-43(45)46/h5-6,10-11,23-24,26-27,32-33,35-40,56,75H,7-9,12-22,25,50-51H2,1-4H3,(H,54,57)(H,58,69)(H,59,68)(H,60,70)(H,61,72)(H,62,73)(H,63,71)(H,64,74)(H,66,67)(H4,52,53,55);12-19,24-26,31-35,47,55-56H,6-11,20-23,44H2,1-5H3,(H,49,62)(H,50,57)(H,51,59)(H,52,58)(H,53,61)(H,54,60)(H,63,64)(H4,45,46,48). The van der Waals surface area contributed by atoms with Crippen molar-refractivity contribution < 1.29 is 97.1 Å². The number of aromatic amines is 2. The van der Waals surface area contributed by atoms with Gasteiger partial charge < -0.3 is 145 Å². The van der Waals surface area contributed by atoms with E-state index in [4.69, 9.17) is 40.1 Å². The largest absolute Gasteiger partial charge is 0.508 e. The Hall–Kier alpha value is -13.2. The van der Waals surface area contributed by atoms with Crippen molar-refractivity contribution >= 4 is 142 Å². The van der Waals surface area contributed by atoms with Crippen molar-refractivity contribution in [3.8, 4) is 11.5 Å². The zero-order valence-electron chi connectivity index (χ0n) is 80.7. The first-order valence-electron chi connectivity index (χ1n) is 46.5. The van der Waals surface area contributed by atoms with Crippen LogP contribution in [0.25, 0.3) is 10.9 Å². The lowest BCUT2D eigenvalue weighted by molar-refractivity contribution is -0.144. The molecule has 0 spiro atoms. The molecule has 140 heavy (non-hydrogen) atoms. The van der Waals surface area contributed by atoms with Gasteiger partial charge in [-0.05, 0) is 202 Å². The molecule has 2 heterocycles. The maximum atomic E-state index is 14.4. The summed E-state index contributed by atoms with van der Waals surface area (Å²) in [7, 11) is 1.65. The SMILES string of the molecule is CCC(C)C(NC(=O)C(Cc1ccc(O)cc1)C(=O)NC(Cc1ccc(O)cc1)C(=O)NC(CCCCN)NC(=O)C(C)C(=O)NC(CCCN=C(N)N)C(=O)O)C(=O)NC(C)NC.CSCCC(NC(=O)C(Cc1cnc[nH]1)C(=O)NC(CCCCN)C(=O)NC(N)Cc1c[nH]c2ccccc12)C(=O)NC(CCCN=C(N)N)NC(=O)C(CC(C)C)C(=O)NC(CCC(=O)O)C(=O)NC(CS)C(C)=O. The minimum atomic E-state index is -1.51. The van der Waals surface area contributed by atoms with Crippen molar-refractivity contribution in [3.63, 3.8) is 0 Å². The number of thioether (sulfide) groups is 1. The van der Waals surface area contributed by atoms with Crippen LogP contribution in [0.15, 0.2) is 102 Å². The Morgan fingerprint density at radius 1 is 0.486 bits per heavy atom. The summed E-state index contributed by atoms with van der Waals surface area (Å²) in [6.07, 6.45) is 4.79. The summed E-state index contributed by atoms with van der Waals surface area (Å²) in [5.41, 5.74) is 42.8. The van der Waals surface area contributed by atoms with E-state index in [1.807, 2.05) is 37.4 Å². The van der Waals surface area contributed by atoms with Crippen LogP contribution in [0.3, 0.4) is 0 Å². The van der Waals surface area contributed by atoms with Gasteiger partial charge in [-0.25, -0.2) is 9.78 Å². The molecule has 0 saturated heterocycles. The highest BCUT2D eigenvalue weighted by atomic mass is 32.2. The number of imidazole rings is 1. The highest BCUT2D eigenvalue weighted by molar-refractivity contribution is 7.98. The molecular formula is C92H144N26O20S2. The van der Waals surface area contributed by atoms with E-state index in [0.717, 1.165) is 16.5 Å². The minimum Gasteiger partial charge on any atom is -0.508 e. The number of aromatic hydroxyl groups is 2. The molecule has 0 aliphatic heterocycles. The Morgan fingerprint density at radius 2 is 0.943 bits per heavy atom. The topological polar surface area (TPSA) is 774 Å².